The zero-order valence-corrected chi connectivity index (χ0v) is 13.8. The molecule has 1 aromatic carbocycles. The fraction of sp³-hybridized carbons (Fsp3) is 0.556. The standard InChI is InChI=1S/C18H26N2O2/c1-14(2)20(12-16-8-5-4-6-9-16)18(22)17-10-7-11-19(13-17)15(3)21/h4-6,8-9,14,17H,7,10-13H2,1-3H3. The molecule has 22 heavy (non-hydrogen) atoms. The minimum atomic E-state index is -0.0660. The van der Waals surface area contributed by atoms with Crippen molar-refractivity contribution in [3.05, 3.63) is 35.9 Å². The molecular weight excluding hydrogens is 276 g/mol. The first-order chi connectivity index (χ1) is 10.5. The Balaban J connectivity index is 2.07. The summed E-state index contributed by atoms with van der Waals surface area (Å²) in [7, 11) is 0. The molecule has 120 valence electrons. The predicted octanol–water partition coefficient (Wildman–Crippen LogP) is 2.68. The van der Waals surface area contributed by atoms with Crippen molar-refractivity contribution in [3.8, 4) is 0 Å². The first kappa shape index (κ1) is 16.5. The molecular formula is C18H26N2O2. The molecule has 4 heteroatoms. The maximum Gasteiger partial charge on any atom is 0.228 e. The Morgan fingerprint density at radius 1 is 1.27 bits per heavy atom. The monoisotopic (exact) mass is 302 g/mol. The van der Waals surface area contributed by atoms with Crippen LogP contribution < -0.4 is 0 Å². The Morgan fingerprint density at radius 3 is 2.55 bits per heavy atom. The van der Waals surface area contributed by atoms with E-state index in [1.54, 1.807) is 11.8 Å². The second-order valence-corrected chi connectivity index (χ2v) is 6.35. The summed E-state index contributed by atoms with van der Waals surface area (Å²) in [4.78, 5) is 28.2. The quantitative estimate of drug-likeness (QED) is 0.858. The molecule has 1 atom stereocenters. The molecule has 1 saturated heterocycles. The lowest BCUT2D eigenvalue weighted by atomic mass is 9.95. The minimum Gasteiger partial charge on any atom is -0.342 e. The van der Waals surface area contributed by atoms with Crippen LogP contribution in [0, 0.1) is 5.92 Å². The SMILES string of the molecule is CC(=O)N1CCCC(C(=O)N(Cc2ccccc2)C(C)C)C1. The highest BCUT2D eigenvalue weighted by Gasteiger charge is 2.31. The van der Waals surface area contributed by atoms with Gasteiger partial charge in [0.2, 0.25) is 11.8 Å². The van der Waals surface area contributed by atoms with Gasteiger partial charge in [-0.05, 0) is 32.3 Å². The average Bonchev–Trinajstić information content (AvgIpc) is 2.53. The molecule has 0 aromatic heterocycles. The highest BCUT2D eigenvalue weighted by atomic mass is 16.2. The summed E-state index contributed by atoms with van der Waals surface area (Å²) in [6.45, 7) is 7.65. The number of carbonyl (C=O) groups is 2. The lowest BCUT2D eigenvalue weighted by Gasteiger charge is -2.36. The van der Waals surface area contributed by atoms with E-state index in [9.17, 15) is 9.59 Å². The third-order valence-electron chi connectivity index (χ3n) is 4.32. The Kier molecular flexibility index (Phi) is 5.58. The van der Waals surface area contributed by atoms with Gasteiger partial charge in [0.05, 0.1) is 5.92 Å². The molecule has 0 radical (unpaired) electrons. The van der Waals surface area contributed by atoms with E-state index in [0.29, 0.717) is 13.1 Å². The van der Waals surface area contributed by atoms with Crippen LogP contribution in [-0.2, 0) is 16.1 Å². The zero-order valence-electron chi connectivity index (χ0n) is 13.8. The maximum absolute atomic E-state index is 12.9. The molecule has 0 saturated carbocycles. The molecule has 4 nitrogen and oxygen atoms in total. The molecule has 1 aliphatic heterocycles. The van der Waals surface area contributed by atoms with Crippen LogP contribution in [0.15, 0.2) is 30.3 Å². The summed E-state index contributed by atoms with van der Waals surface area (Å²) >= 11 is 0. The number of rotatable bonds is 4. The minimum absolute atomic E-state index is 0.0660. The zero-order chi connectivity index (χ0) is 16.1. The van der Waals surface area contributed by atoms with Crippen molar-refractivity contribution in [2.45, 2.75) is 46.2 Å². The van der Waals surface area contributed by atoms with E-state index in [2.05, 4.69) is 0 Å². The van der Waals surface area contributed by atoms with Crippen LogP contribution in [0.2, 0.25) is 0 Å². The van der Waals surface area contributed by atoms with Crippen molar-refractivity contribution in [2.24, 2.45) is 5.92 Å². The lowest BCUT2D eigenvalue weighted by Crippen LogP contribution is -2.47. The molecule has 1 unspecified atom stereocenters. The molecule has 0 bridgehead atoms. The molecule has 2 amide bonds. The second-order valence-electron chi connectivity index (χ2n) is 6.35. The fourth-order valence-corrected chi connectivity index (χ4v) is 2.99. The Morgan fingerprint density at radius 2 is 1.95 bits per heavy atom. The third kappa shape index (κ3) is 4.09. The number of hydrogen-bond donors (Lipinski definition) is 0. The molecule has 0 N–H and O–H groups in total. The summed E-state index contributed by atoms with van der Waals surface area (Å²) in [5, 5.41) is 0. The van der Waals surface area contributed by atoms with Crippen LogP contribution in [0.5, 0.6) is 0 Å². The van der Waals surface area contributed by atoms with Gasteiger partial charge in [0.15, 0.2) is 0 Å². The van der Waals surface area contributed by atoms with Gasteiger partial charge < -0.3 is 9.80 Å². The van der Waals surface area contributed by atoms with Crippen LogP contribution in [0.25, 0.3) is 0 Å². The lowest BCUT2D eigenvalue weighted by molar-refractivity contribution is -0.142. The van der Waals surface area contributed by atoms with E-state index < -0.39 is 0 Å². The van der Waals surface area contributed by atoms with Gasteiger partial charge in [-0.3, -0.25) is 9.59 Å². The van der Waals surface area contributed by atoms with E-state index in [1.165, 1.54) is 0 Å². The Hall–Kier alpha value is -1.84. The third-order valence-corrected chi connectivity index (χ3v) is 4.32. The van der Waals surface area contributed by atoms with Gasteiger partial charge in [-0.15, -0.1) is 0 Å². The molecule has 1 heterocycles. The second kappa shape index (κ2) is 7.43. The van der Waals surface area contributed by atoms with Crippen molar-refractivity contribution >= 4 is 11.8 Å². The van der Waals surface area contributed by atoms with E-state index in [4.69, 9.17) is 0 Å². The fourth-order valence-electron chi connectivity index (χ4n) is 2.99. The highest BCUT2D eigenvalue weighted by molar-refractivity contribution is 5.81. The van der Waals surface area contributed by atoms with Gasteiger partial charge >= 0.3 is 0 Å². The van der Waals surface area contributed by atoms with Crippen molar-refractivity contribution in [1.29, 1.82) is 0 Å². The topological polar surface area (TPSA) is 40.6 Å². The first-order valence-corrected chi connectivity index (χ1v) is 8.09. The number of benzene rings is 1. The molecule has 0 spiro atoms. The maximum atomic E-state index is 12.9. The number of nitrogens with zero attached hydrogens (tertiary/aromatic N) is 2. The number of carbonyl (C=O) groups excluding carboxylic acids is 2. The van der Waals surface area contributed by atoms with Gasteiger partial charge in [0.1, 0.15) is 0 Å². The van der Waals surface area contributed by atoms with E-state index in [1.807, 2.05) is 49.1 Å². The average molecular weight is 302 g/mol. The number of hydrogen-bond acceptors (Lipinski definition) is 2. The summed E-state index contributed by atoms with van der Waals surface area (Å²) in [5.74, 6) is 0.172. The van der Waals surface area contributed by atoms with Gasteiger partial charge in [0, 0.05) is 32.6 Å². The summed E-state index contributed by atoms with van der Waals surface area (Å²) in [6, 6.07) is 10.2. The molecule has 2 rings (SSSR count). The van der Waals surface area contributed by atoms with Crippen molar-refractivity contribution < 1.29 is 9.59 Å². The van der Waals surface area contributed by atoms with Crippen LogP contribution in [0.4, 0.5) is 0 Å². The van der Waals surface area contributed by atoms with Crippen molar-refractivity contribution in [1.82, 2.24) is 9.80 Å². The van der Waals surface area contributed by atoms with Crippen LogP contribution in [0.1, 0.15) is 39.2 Å². The van der Waals surface area contributed by atoms with Crippen LogP contribution in [0.3, 0.4) is 0 Å². The largest absolute Gasteiger partial charge is 0.342 e. The van der Waals surface area contributed by atoms with Gasteiger partial charge in [-0.2, -0.15) is 0 Å². The van der Waals surface area contributed by atoms with Gasteiger partial charge in [0.25, 0.3) is 0 Å². The number of piperidine rings is 1. The number of likely N-dealkylation sites (tertiary alicyclic amines) is 1. The Labute approximate surface area is 133 Å². The van der Waals surface area contributed by atoms with Gasteiger partial charge in [-0.1, -0.05) is 30.3 Å². The van der Waals surface area contributed by atoms with Crippen molar-refractivity contribution in [2.75, 3.05) is 13.1 Å². The first-order valence-electron chi connectivity index (χ1n) is 8.09. The van der Waals surface area contributed by atoms with Crippen molar-refractivity contribution in [3.63, 3.8) is 0 Å². The molecule has 0 aliphatic carbocycles. The van der Waals surface area contributed by atoms with Crippen LogP contribution >= 0.6 is 0 Å². The highest BCUT2D eigenvalue weighted by Crippen LogP contribution is 2.21. The smallest absolute Gasteiger partial charge is 0.228 e. The predicted molar refractivity (Wildman–Crippen MR) is 87.1 cm³/mol. The van der Waals surface area contributed by atoms with E-state index in [-0.39, 0.29) is 23.8 Å². The molecule has 1 aromatic rings. The Bertz CT molecular complexity index is 513. The van der Waals surface area contributed by atoms with Gasteiger partial charge in [-0.25, -0.2) is 0 Å². The summed E-state index contributed by atoms with van der Waals surface area (Å²) < 4.78 is 0. The summed E-state index contributed by atoms with van der Waals surface area (Å²) in [5.41, 5.74) is 1.14. The van der Waals surface area contributed by atoms with Crippen LogP contribution in [-0.4, -0.2) is 40.7 Å². The number of amides is 2. The molecule has 1 fully saturated rings. The van der Waals surface area contributed by atoms with E-state index in [0.717, 1.165) is 24.9 Å². The normalized spacial score (nSPS) is 18.4. The van der Waals surface area contributed by atoms with E-state index >= 15 is 0 Å². The molecule has 1 aliphatic rings. The summed E-state index contributed by atoms with van der Waals surface area (Å²) in [6.07, 6.45) is 1.79.